The van der Waals surface area contributed by atoms with E-state index in [4.69, 9.17) is 18.1 Å². The highest BCUT2D eigenvalue weighted by molar-refractivity contribution is 5.87. The van der Waals surface area contributed by atoms with Crippen LogP contribution in [0.15, 0.2) is 15.7 Å². The monoisotopic (exact) mass is 386 g/mol. The third-order valence-electron chi connectivity index (χ3n) is 5.93. The quantitative estimate of drug-likeness (QED) is 0.596. The molecule has 2 heterocycles. The fourth-order valence-electron chi connectivity index (χ4n) is 4.31. The minimum atomic E-state index is -0.691. The molecule has 1 saturated carbocycles. The van der Waals surface area contributed by atoms with Gasteiger partial charge in [0.05, 0.1) is 22.6 Å². The van der Waals surface area contributed by atoms with E-state index in [-0.39, 0.29) is 29.9 Å². The number of hydrogen-bond acceptors (Lipinski definition) is 5. The van der Waals surface area contributed by atoms with E-state index >= 15 is 4.39 Å². The summed E-state index contributed by atoms with van der Waals surface area (Å²) < 4.78 is 17.2. The summed E-state index contributed by atoms with van der Waals surface area (Å²) in [6.07, 6.45) is 2.43. The van der Waals surface area contributed by atoms with Gasteiger partial charge in [-0.05, 0) is 32.3 Å². The van der Waals surface area contributed by atoms with Crippen LogP contribution in [0.1, 0.15) is 30.9 Å². The highest BCUT2D eigenvalue weighted by Crippen LogP contribution is 2.39. The Balaban J connectivity index is 1.87. The number of aryl methyl sites for hydroxylation is 1. The van der Waals surface area contributed by atoms with Crippen molar-refractivity contribution in [1.29, 1.82) is 0 Å². The molecule has 2 atom stereocenters. The van der Waals surface area contributed by atoms with Crippen LogP contribution in [0.5, 0.6) is 0 Å². The molecular weight excluding hydrogens is 363 g/mol. The molecule has 0 bridgehead atoms. The summed E-state index contributed by atoms with van der Waals surface area (Å²) in [5, 5.41) is 0.119. The van der Waals surface area contributed by atoms with E-state index in [1.807, 2.05) is 4.90 Å². The Morgan fingerprint density at radius 1 is 1.36 bits per heavy atom. The number of anilines is 1. The molecule has 4 rings (SSSR count). The maximum absolute atomic E-state index is 15.1. The molecule has 0 amide bonds. The number of hydrogen-bond donors (Lipinski definition) is 2. The largest absolute Gasteiger partial charge is 0.369 e. The summed E-state index contributed by atoms with van der Waals surface area (Å²) in [7, 11) is 0. The number of nitrogen functional groups attached to an aromatic ring is 1. The minimum absolute atomic E-state index is 0.0131. The van der Waals surface area contributed by atoms with Gasteiger partial charge >= 0.3 is 5.69 Å². The standard InChI is InChI=1S/C19H23FN6O2/c1-10-16-13(18(27)26(22)19(28)25(16)12-3-4-12)7-14(20)17(10)24-6-5-11(9-24)15(21)8-23-2/h7,11-12,15H,3-6,8-9,21-22H2,1H3/t11-,15+/m0/s1. The lowest BCUT2D eigenvalue weighted by atomic mass is 10.00. The van der Waals surface area contributed by atoms with Crippen molar-refractivity contribution in [3.8, 4) is 0 Å². The van der Waals surface area contributed by atoms with Crippen molar-refractivity contribution in [1.82, 2.24) is 9.24 Å². The third-order valence-corrected chi connectivity index (χ3v) is 5.93. The number of aromatic nitrogens is 2. The van der Waals surface area contributed by atoms with Crippen molar-refractivity contribution >= 4 is 16.6 Å². The Bertz CT molecular complexity index is 1110. The zero-order chi connectivity index (χ0) is 20.2. The van der Waals surface area contributed by atoms with E-state index in [0.717, 1.165) is 19.3 Å². The topological polar surface area (TPSA) is 104 Å². The molecule has 2 aromatic rings. The van der Waals surface area contributed by atoms with Crippen molar-refractivity contribution in [2.75, 3.05) is 30.4 Å². The zero-order valence-electron chi connectivity index (χ0n) is 15.7. The van der Waals surface area contributed by atoms with Crippen molar-refractivity contribution < 1.29 is 4.39 Å². The third kappa shape index (κ3) is 2.76. The number of benzene rings is 1. The molecule has 28 heavy (non-hydrogen) atoms. The van der Waals surface area contributed by atoms with E-state index in [1.165, 1.54) is 10.6 Å². The molecule has 1 aliphatic carbocycles. The zero-order valence-corrected chi connectivity index (χ0v) is 15.7. The van der Waals surface area contributed by atoms with Gasteiger partial charge in [0.15, 0.2) is 0 Å². The van der Waals surface area contributed by atoms with Crippen LogP contribution in [-0.2, 0) is 0 Å². The number of nitrogens with two attached hydrogens (primary N) is 2. The predicted molar refractivity (Wildman–Crippen MR) is 105 cm³/mol. The van der Waals surface area contributed by atoms with Crippen LogP contribution in [0.2, 0.25) is 0 Å². The Morgan fingerprint density at radius 3 is 2.71 bits per heavy atom. The normalized spacial score (nSPS) is 20.5. The van der Waals surface area contributed by atoms with Crippen LogP contribution >= 0.6 is 0 Å². The van der Waals surface area contributed by atoms with Gasteiger partial charge in [0.2, 0.25) is 6.54 Å². The summed E-state index contributed by atoms with van der Waals surface area (Å²) in [4.78, 5) is 30.4. The number of rotatable bonds is 4. The first-order valence-electron chi connectivity index (χ1n) is 9.44. The first-order chi connectivity index (χ1) is 13.3. The molecule has 9 heteroatoms. The van der Waals surface area contributed by atoms with Gasteiger partial charge in [-0.3, -0.25) is 9.36 Å². The Hall–Kier alpha value is -2.86. The molecule has 1 aromatic carbocycles. The second-order valence-electron chi connectivity index (χ2n) is 7.79. The van der Waals surface area contributed by atoms with Crippen LogP contribution in [0, 0.1) is 25.2 Å². The van der Waals surface area contributed by atoms with E-state index in [2.05, 4.69) is 4.85 Å². The molecule has 1 saturated heterocycles. The number of nitrogens with zero attached hydrogens (tertiary/aromatic N) is 4. The van der Waals surface area contributed by atoms with Crippen molar-refractivity contribution in [3.05, 3.63) is 49.7 Å². The van der Waals surface area contributed by atoms with Crippen LogP contribution in [0.3, 0.4) is 0 Å². The summed E-state index contributed by atoms with van der Waals surface area (Å²) in [5.74, 6) is 5.25. The SMILES string of the molecule is [C-]#[N+]C[C@@H](N)[C@H]1CCN(c2c(F)cc3c(=O)n(N)c(=O)n(C4CC4)c3c2C)C1. The van der Waals surface area contributed by atoms with Crippen molar-refractivity contribution in [2.45, 2.75) is 38.3 Å². The van der Waals surface area contributed by atoms with Crippen molar-refractivity contribution in [3.63, 3.8) is 0 Å². The predicted octanol–water partition coefficient (Wildman–Crippen LogP) is 0.732. The molecule has 8 nitrogen and oxygen atoms in total. The molecule has 4 N–H and O–H groups in total. The lowest BCUT2D eigenvalue weighted by Gasteiger charge is -2.24. The molecule has 1 aromatic heterocycles. The summed E-state index contributed by atoms with van der Waals surface area (Å²) in [5.41, 5.74) is 6.25. The van der Waals surface area contributed by atoms with E-state index < -0.39 is 17.1 Å². The van der Waals surface area contributed by atoms with Crippen molar-refractivity contribution in [2.24, 2.45) is 11.7 Å². The average molecular weight is 386 g/mol. The lowest BCUT2D eigenvalue weighted by Crippen LogP contribution is -2.44. The van der Waals surface area contributed by atoms with Gasteiger partial charge in [0, 0.05) is 30.6 Å². The summed E-state index contributed by atoms with van der Waals surface area (Å²) in [6.45, 7) is 10.1. The lowest BCUT2D eigenvalue weighted by molar-refractivity contribution is 0.480. The van der Waals surface area contributed by atoms with Gasteiger partial charge in [-0.25, -0.2) is 15.8 Å². The number of halogens is 1. The van der Waals surface area contributed by atoms with Crippen LogP contribution in [0.4, 0.5) is 10.1 Å². The van der Waals surface area contributed by atoms with E-state index in [0.29, 0.717) is 34.5 Å². The van der Waals surface area contributed by atoms with Crippen LogP contribution in [-0.4, -0.2) is 34.9 Å². The van der Waals surface area contributed by atoms with Gasteiger partial charge < -0.3 is 21.3 Å². The fourth-order valence-corrected chi connectivity index (χ4v) is 4.31. The molecule has 0 radical (unpaired) electrons. The highest BCUT2D eigenvalue weighted by atomic mass is 19.1. The van der Waals surface area contributed by atoms with Gasteiger partial charge in [0.25, 0.3) is 5.56 Å². The molecule has 1 aliphatic heterocycles. The first kappa shape index (κ1) is 18.5. The molecule has 0 unspecified atom stereocenters. The van der Waals surface area contributed by atoms with Crippen LogP contribution < -0.4 is 27.7 Å². The maximum Gasteiger partial charge on any atom is 0.350 e. The first-order valence-corrected chi connectivity index (χ1v) is 9.44. The highest BCUT2D eigenvalue weighted by Gasteiger charge is 2.34. The second kappa shape index (κ2) is 6.63. The number of fused-ring (bicyclic) bond motifs is 1. The van der Waals surface area contributed by atoms with E-state index in [9.17, 15) is 9.59 Å². The van der Waals surface area contributed by atoms with E-state index in [1.54, 1.807) is 6.92 Å². The smallest absolute Gasteiger partial charge is 0.350 e. The fraction of sp³-hybridized carbons (Fsp3) is 0.526. The van der Waals surface area contributed by atoms with Gasteiger partial charge in [-0.15, -0.1) is 0 Å². The van der Waals surface area contributed by atoms with Gasteiger partial charge in [0.1, 0.15) is 5.82 Å². The second-order valence-corrected chi connectivity index (χ2v) is 7.79. The Kier molecular flexibility index (Phi) is 4.38. The molecule has 2 fully saturated rings. The minimum Gasteiger partial charge on any atom is -0.369 e. The molecular formula is C19H23FN6O2. The Labute approximate surface area is 160 Å². The van der Waals surface area contributed by atoms with Crippen LogP contribution in [0.25, 0.3) is 15.7 Å². The molecule has 148 valence electrons. The van der Waals surface area contributed by atoms with Gasteiger partial charge in [-0.2, -0.15) is 4.68 Å². The Morgan fingerprint density at radius 2 is 2.07 bits per heavy atom. The summed E-state index contributed by atoms with van der Waals surface area (Å²) in [6, 6.07) is 0.926. The molecule has 0 spiro atoms. The molecule has 2 aliphatic rings. The average Bonchev–Trinajstić information content (AvgIpc) is 3.38. The maximum atomic E-state index is 15.1. The van der Waals surface area contributed by atoms with Gasteiger partial charge in [-0.1, -0.05) is 0 Å². The summed E-state index contributed by atoms with van der Waals surface area (Å²) >= 11 is 0.